The van der Waals surface area contributed by atoms with Crippen LogP contribution in [0, 0.1) is 0 Å². The standard InChI is InChI=1S/C11H27N3/c1-4-7-9-14(10-8-5-2)11(12,13)6-3/h4-10,12-13H2,1-3H3. The van der Waals surface area contributed by atoms with E-state index in [-0.39, 0.29) is 0 Å². The van der Waals surface area contributed by atoms with E-state index >= 15 is 0 Å². The zero-order valence-corrected chi connectivity index (χ0v) is 10.1. The molecule has 3 heteroatoms. The van der Waals surface area contributed by atoms with Gasteiger partial charge in [0.05, 0.1) is 0 Å². The summed E-state index contributed by atoms with van der Waals surface area (Å²) in [5.41, 5.74) is 12.1. The normalized spacial score (nSPS) is 12.4. The first-order valence-corrected chi connectivity index (χ1v) is 5.91. The van der Waals surface area contributed by atoms with Crippen molar-refractivity contribution < 1.29 is 0 Å². The van der Waals surface area contributed by atoms with Crippen LogP contribution in [0.5, 0.6) is 0 Å². The molecule has 4 N–H and O–H groups in total. The number of hydrogen-bond acceptors (Lipinski definition) is 3. The summed E-state index contributed by atoms with van der Waals surface area (Å²) in [6.45, 7) is 8.48. The van der Waals surface area contributed by atoms with Crippen LogP contribution in [0.1, 0.15) is 52.9 Å². The quantitative estimate of drug-likeness (QED) is 0.589. The van der Waals surface area contributed by atoms with Gasteiger partial charge in [-0.3, -0.25) is 4.90 Å². The Morgan fingerprint density at radius 3 is 1.64 bits per heavy atom. The van der Waals surface area contributed by atoms with E-state index in [1.54, 1.807) is 0 Å². The van der Waals surface area contributed by atoms with Gasteiger partial charge in [-0.15, -0.1) is 0 Å². The molecule has 0 saturated carbocycles. The Kier molecular flexibility index (Phi) is 7.15. The van der Waals surface area contributed by atoms with Crippen molar-refractivity contribution in [2.75, 3.05) is 13.1 Å². The SMILES string of the molecule is CCCCN(CCCC)C(N)(N)CC. The third-order valence-electron chi connectivity index (χ3n) is 2.72. The molecule has 0 spiro atoms. The first-order valence-electron chi connectivity index (χ1n) is 5.91. The molecule has 14 heavy (non-hydrogen) atoms. The van der Waals surface area contributed by atoms with Crippen LogP contribution in [0.3, 0.4) is 0 Å². The van der Waals surface area contributed by atoms with Gasteiger partial charge in [0.2, 0.25) is 0 Å². The maximum absolute atomic E-state index is 6.05. The highest BCUT2D eigenvalue weighted by Crippen LogP contribution is 2.09. The maximum atomic E-state index is 6.05. The van der Waals surface area contributed by atoms with Gasteiger partial charge < -0.3 is 11.5 Å². The van der Waals surface area contributed by atoms with Gasteiger partial charge in [-0.05, 0) is 19.3 Å². The zero-order valence-electron chi connectivity index (χ0n) is 10.1. The lowest BCUT2D eigenvalue weighted by molar-refractivity contribution is 0.0894. The molecule has 0 aliphatic carbocycles. The molecule has 0 aliphatic rings. The molecule has 0 atom stereocenters. The lowest BCUT2D eigenvalue weighted by Crippen LogP contribution is -2.63. The van der Waals surface area contributed by atoms with Gasteiger partial charge in [0.25, 0.3) is 0 Å². The number of nitrogens with two attached hydrogens (primary N) is 2. The van der Waals surface area contributed by atoms with E-state index < -0.39 is 5.79 Å². The zero-order chi connectivity index (χ0) is 11.0. The predicted molar refractivity (Wildman–Crippen MR) is 62.8 cm³/mol. The van der Waals surface area contributed by atoms with E-state index in [0.717, 1.165) is 19.5 Å². The van der Waals surface area contributed by atoms with E-state index in [2.05, 4.69) is 18.7 Å². The van der Waals surface area contributed by atoms with Crippen LogP contribution in [0.25, 0.3) is 0 Å². The van der Waals surface area contributed by atoms with Crippen molar-refractivity contribution in [1.29, 1.82) is 0 Å². The summed E-state index contributed by atoms with van der Waals surface area (Å²) in [4.78, 5) is 2.22. The number of hydrogen-bond donors (Lipinski definition) is 2. The molecule has 0 saturated heterocycles. The van der Waals surface area contributed by atoms with E-state index in [1.807, 2.05) is 6.92 Å². The molecule has 0 aromatic heterocycles. The molecule has 0 heterocycles. The Morgan fingerprint density at radius 1 is 0.929 bits per heavy atom. The third kappa shape index (κ3) is 4.94. The Balaban J connectivity index is 4.08. The molecule has 0 aliphatic heterocycles. The minimum Gasteiger partial charge on any atom is -0.301 e. The van der Waals surface area contributed by atoms with Gasteiger partial charge in [0.1, 0.15) is 5.79 Å². The van der Waals surface area contributed by atoms with Crippen LogP contribution in [-0.4, -0.2) is 23.8 Å². The lowest BCUT2D eigenvalue weighted by atomic mass is 10.2. The first kappa shape index (κ1) is 13.9. The van der Waals surface area contributed by atoms with E-state index in [0.29, 0.717) is 0 Å². The first-order chi connectivity index (χ1) is 6.58. The molecule has 0 amide bonds. The number of nitrogens with zero attached hydrogens (tertiary/aromatic N) is 1. The Hall–Kier alpha value is -0.120. The highest BCUT2D eigenvalue weighted by Gasteiger charge is 2.24. The molecule has 0 bridgehead atoms. The maximum Gasteiger partial charge on any atom is 0.120 e. The van der Waals surface area contributed by atoms with Crippen LogP contribution >= 0.6 is 0 Å². The highest BCUT2D eigenvalue weighted by molar-refractivity contribution is 4.76. The molecule has 0 rings (SSSR count). The summed E-state index contributed by atoms with van der Waals surface area (Å²) in [5, 5.41) is 0. The van der Waals surface area contributed by atoms with Gasteiger partial charge in [-0.25, -0.2) is 0 Å². The smallest absolute Gasteiger partial charge is 0.120 e. The van der Waals surface area contributed by atoms with Crippen LogP contribution in [0.15, 0.2) is 0 Å². The van der Waals surface area contributed by atoms with Gasteiger partial charge >= 0.3 is 0 Å². The average molecular weight is 201 g/mol. The fraction of sp³-hybridized carbons (Fsp3) is 1.00. The molecular formula is C11H27N3. The van der Waals surface area contributed by atoms with Crippen molar-refractivity contribution in [1.82, 2.24) is 4.90 Å². The lowest BCUT2D eigenvalue weighted by Gasteiger charge is -2.37. The molecule has 3 nitrogen and oxygen atoms in total. The van der Waals surface area contributed by atoms with E-state index in [9.17, 15) is 0 Å². The van der Waals surface area contributed by atoms with Crippen molar-refractivity contribution in [3.63, 3.8) is 0 Å². The molecular weight excluding hydrogens is 174 g/mol. The summed E-state index contributed by atoms with van der Waals surface area (Å²) in [6.07, 6.45) is 5.56. The highest BCUT2D eigenvalue weighted by atomic mass is 15.3. The van der Waals surface area contributed by atoms with Crippen molar-refractivity contribution >= 4 is 0 Å². The summed E-state index contributed by atoms with van der Waals surface area (Å²) < 4.78 is 0. The largest absolute Gasteiger partial charge is 0.301 e. The van der Waals surface area contributed by atoms with Gasteiger partial charge in [0.15, 0.2) is 0 Å². The third-order valence-corrected chi connectivity index (χ3v) is 2.72. The van der Waals surface area contributed by atoms with Crippen molar-refractivity contribution in [3.05, 3.63) is 0 Å². The molecule has 0 aromatic rings. The Bertz CT molecular complexity index is 126. The minimum atomic E-state index is -0.607. The molecule has 0 aromatic carbocycles. The van der Waals surface area contributed by atoms with Crippen molar-refractivity contribution in [2.24, 2.45) is 11.5 Å². The van der Waals surface area contributed by atoms with Crippen molar-refractivity contribution in [3.8, 4) is 0 Å². The Morgan fingerprint density at radius 2 is 1.36 bits per heavy atom. The molecule has 86 valence electrons. The van der Waals surface area contributed by atoms with Crippen LogP contribution in [-0.2, 0) is 0 Å². The number of unbranched alkanes of at least 4 members (excludes halogenated alkanes) is 2. The fourth-order valence-corrected chi connectivity index (χ4v) is 1.45. The van der Waals surface area contributed by atoms with Crippen LogP contribution < -0.4 is 11.5 Å². The monoisotopic (exact) mass is 201 g/mol. The predicted octanol–water partition coefficient (Wildman–Crippen LogP) is 1.87. The van der Waals surface area contributed by atoms with Gasteiger partial charge in [-0.2, -0.15) is 0 Å². The fourth-order valence-electron chi connectivity index (χ4n) is 1.45. The van der Waals surface area contributed by atoms with Crippen LogP contribution in [0.2, 0.25) is 0 Å². The van der Waals surface area contributed by atoms with E-state index in [4.69, 9.17) is 11.5 Å². The second-order valence-electron chi connectivity index (χ2n) is 4.04. The minimum absolute atomic E-state index is 0.607. The summed E-state index contributed by atoms with van der Waals surface area (Å²) >= 11 is 0. The number of rotatable bonds is 8. The molecule has 0 fully saturated rings. The average Bonchev–Trinajstić information content (AvgIpc) is 2.17. The second-order valence-corrected chi connectivity index (χ2v) is 4.04. The van der Waals surface area contributed by atoms with Gasteiger partial charge in [0, 0.05) is 13.1 Å². The summed E-state index contributed by atoms with van der Waals surface area (Å²) in [7, 11) is 0. The summed E-state index contributed by atoms with van der Waals surface area (Å²) in [6, 6.07) is 0. The topological polar surface area (TPSA) is 55.3 Å². The second kappa shape index (κ2) is 7.21. The van der Waals surface area contributed by atoms with Crippen molar-refractivity contribution in [2.45, 2.75) is 58.7 Å². The van der Waals surface area contributed by atoms with Crippen LogP contribution in [0.4, 0.5) is 0 Å². The summed E-state index contributed by atoms with van der Waals surface area (Å²) in [5.74, 6) is -0.607. The Labute approximate surface area is 88.8 Å². The molecule has 0 radical (unpaired) electrons. The van der Waals surface area contributed by atoms with Gasteiger partial charge in [-0.1, -0.05) is 33.6 Å². The van der Waals surface area contributed by atoms with E-state index in [1.165, 1.54) is 25.7 Å². The molecule has 0 unspecified atom stereocenters.